The van der Waals surface area contributed by atoms with Crippen LogP contribution in [0.25, 0.3) is 0 Å². The summed E-state index contributed by atoms with van der Waals surface area (Å²) in [6.45, 7) is 0.976. The Balaban J connectivity index is 1.80. The van der Waals surface area contributed by atoms with Crippen LogP contribution in [0.1, 0.15) is 37.1 Å². The summed E-state index contributed by atoms with van der Waals surface area (Å²) < 4.78 is 5.95. The number of nitrogens with two attached hydrogens (primary N) is 1. The summed E-state index contributed by atoms with van der Waals surface area (Å²) in [5.41, 5.74) is 6.54. The number of nitro groups is 1. The molecule has 1 aromatic heterocycles. The average molecular weight is 374 g/mol. The SMILES string of the molecule is NC(=S)C1(c2ncc([N+](=O)[O-])[nH]2)CCCCC1COCc1ccccc1. The van der Waals surface area contributed by atoms with Crippen molar-refractivity contribution in [2.75, 3.05) is 6.61 Å². The number of benzene rings is 1. The van der Waals surface area contributed by atoms with Gasteiger partial charge < -0.3 is 20.6 Å². The van der Waals surface area contributed by atoms with E-state index in [1.807, 2.05) is 30.3 Å². The first-order valence-electron chi connectivity index (χ1n) is 8.65. The van der Waals surface area contributed by atoms with E-state index in [0.717, 1.165) is 24.8 Å². The summed E-state index contributed by atoms with van der Waals surface area (Å²) in [5, 5.41) is 11.0. The highest BCUT2D eigenvalue weighted by atomic mass is 32.1. The van der Waals surface area contributed by atoms with Gasteiger partial charge in [0.1, 0.15) is 11.6 Å². The molecule has 138 valence electrons. The van der Waals surface area contributed by atoms with E-state index in [-0.39, 0.29) is 11.7 Å². The maximum atomic E-state index is 11.0. The second-order valence-corrected chi connectivity index (χ2v) is 7.09. The number of nitrogens with zero attached hydrogens (tertiary/aromatic N) is 2. The Morgan fingerprint density at radius 1 is 1.42 bits per heavy atom. The lowest BCUT2D eigenvalue weighted by Crippen LogP contribution is -2.50. The van der Waals surface area contributed by atoms with Crippen LogP contribution in [0.3, 0.4) is 0 Å². The van der Waals surface area contributed by atoms with Gasteiger partial charge in [0, 0.05) is 5.92 Å². The quantitative estimate of drug-likeness (QED) is 0.438. The minimum absolute atomic E-state index is 0.0308. The molecule has 8 heteroatoms. The zero-order valence-corrected chi connectivity index (χ0v) is 15.2. The van der Waals surface area contributed by atoms with E-state index in [9.17, 15) is 10.1 Å². The molecule has 2 atom stereocenters. The maximum Gasteiger partial charge on any atom is 0.340 e. The number of H-pyrrole nitrogens is 1. The van der Waals surface area contributed by atoms with E-state index in [4.69, 9.17) is 22.7 Å². The molecular weight excluding hydrogens is 352 g/mol. The predicted molar refractivity (Wildman–Crippen MR) is 102 cm³/mol. The van der Waals surface area contributed by atoms with Gasteiger partial charge in [-0.2, -0.15) is 0 Å². The number of aromatic nitrogens is 2. The molecule has 1 heterocycles. The Labute approximate surface area is 157 Å². The van der Waals surface area contributed by atoms with Crippen LogP contribution in [0.15, 0.2) is 36.5 Å². The van der Waals surface area contributed by atoms with Crippen LogP contribution >= 0.6 is 12.2 Å². The molecule has 3 rings (SSSR count). The Morgan fingerprint density at radius 3 is 2.85 bits per heavy atom. The first kappa shape index (κ1) is 18.5. The fraction of sp³-hybridized carbons (Fsp3) is 0.444. The van der Waals surface area contributed by atoms with Gasteiger partial charge in [-0.3, -0.25) is 0 Å². The largest absolute Gasteiger partial charge is 0.392 e. The molecule has 7 nitrogen and oxygen atoms in total. The molecule has 2 unspecified atom stereocenters. The molecule has 26 heavy (non-hydrogen) atoms. The third-order valence-corrected chi connectivity index (χ3v) is 5.49. The molecule has 0 aliphatic heterocycles. The lowest BCUT2D eigenvalue weighted by molar-refractivity contribution is -0.389. The minimum Gasteiger partial charge on any atom is -0.392 e. The molecule has 1 fully saturated rings. The zero-order chi connectivity index (χ0) is 18.6. The van der Waals surface area contributed by atoms with E-state index < -0.39 is 10.3 Å². The molecule has 1 saturated carbocycles. The topological polar surface area (TPSA) is 107 Å². The number of hydrogen-bond donors (Lipinski definition) is 2. The Kier molecular flexibility index (Phi) is 5.63. The number of imidazole rings is 1. The number of rotatable bonds is 7. The highest BCUT2D eigenvalue weighted by Crippen LogP contribution is 2.43. The second kappa shape index (κ2) is 7.92. The van der Waals surface area contributed by atoms with Crippen molar-refractivity contribution in [1.82, 2.24) is 9.97 Å². The molecule has 0 amide bonds. The van der Waals surface area contributed by atoms with Crippen molar-refractivity contribution in [1.29, 1.82) is 0 Å². The highest BCUT2D eigenvalue weighted by molar-refractivity contribution is 7.80. The predicted octanol–water partition coefficient (Wildman–Crippen LogP) is 3.25. The fourth-order valence-electron chi connectivity index (χ4n) is 3.75. The molecule has 0 spiro atoms. The summed E-state index contributed by atoms with van der Waals surface area (Å²) in [6.07, 6.45) is 4.83. The number of hydrogen-bond acceptors (Lipinski definition) is 5. The van der Waals surface area contributed by atoms with Gasteiger partial charge in [-0.1, -0.05) is 55.4 Å². The Bertz CT molecular complexity index is 780. The first-order chi connectivity index (χ1) is 12.5. The molecular formula is C18H22N4O3S. The Morgan fingerprint density at radius 2 is 2.19 bits per heavy atom. The van der Waals surface area contributed by atoms with Gasteiger partial charge in [0.15, 0.2) is 0 Å². The van der Waals surface area contributed by atoms with Crippen molar-refractivity contribution in [3.05, 3.63) is 58.0 Å². The molecule has 0 radical (unpaired) electrons. The van der Waals surface area contributed by atoms with Crippen LogP contribution in [0, 0.1) is 16.0 Å². The van der Waals surface area contributed by atoms with Crippen LogP contribution in [-0.2, 0) is 16.8 Å². The van der Waals surface area contributed by atoms with Crippen molar-refractivity contribution in [3.63, 3.8) is 0 Å². The van der Waals surface area contributed by atoms with Crippen molar-refractivity contribution in [2.24, 2.45) is 11.7 Å². The van der Waals surface area contributed by atoms with Crippen molar-refractivity contribution >= 4 is 23.0 Å². The van der Waals surface area contributed by atoms with E-state index in [0.29, 0.717) is 30.4 Å². The van der Waals surface area contributed by atoms with Crippen LogP contribution in [0.2, 0.25) is 0 Å². The molecule has 2 aromatic rings. The lowest BCUT2D eigenvalue weighted by atomic mass is 9.65. The van der Waals surface area contributed by atoms with Gasteiger partial charge in [-0.15, -0.1) is 0 Å². The number of thiocarbonyl (C=S) groups is 1. The first-order valence-corrected chi connectivity index (χ1v) is 9.06. The average Bonchev–Trinajstić information content (AvgIpc) is 3.13. The number of ether oxygens (including phenoxy) is 1. The Hall–Kier alpha value is -2.32. The van der Waals surface area contributed by atoms with E-state index in [1.165, 1.54) is 6.20 Å². The second-order valence-electron chi connectivity index (χ2n) is 6.65. The van der Waals surface area contributed by atoms with E-state index in [2.05, 4.69) is 9.97 Å². The summed E-state index contributed by atoms with van der Waals surface area (Å²) in [6, 6.07) is 9.93. The standard InChI is InChI=1S/C18H22N4O3S/c19-16(26)18(17-20-10-15(21-17)22(23)24)9-5-4-8-14(18)12-25-11-13-6-2-1-3-7-13/h1-3,6-7,10,14H,4-5,8-9,11-12H2,(H2,19,26)(H,20,21). The summed E-state index contributed by atoms with van der Waals surface area (Å²) in [4.78, 5) is 17.9. The fourth-order valence-corrected chi connectivity index (χ4v) is 4.11. The van der Waals surface area contributed by atoms with Gasteiger partial charge in [-0.25, -0.2) is 9.97 Å². The highest BCUT2D eigenvalue weighted by Gasteiger charge is 2.49. The smallest absolute Gasteiger partial charge is 0.340 e. The third kappa shape index (κ3) is 3.61. The summed E-state index contributed by atoms with van der Waals surface area (Å²) in [5.74, 6) is 0.359. The number of aromatic amines is 1. The van der Waals surface area contributed by atoms with Gasteiger partial charge in [0.2, 0.25) is 5.82 Å². The maximum absolute atomic E-state index is 11.0. The molecule has 3 N–H and O–H groups in total. The van der Waals surface area contributed by atoms with Crippen molar-refractivity contribution in [3.8, 4) is 0 Å². The molecule has 0 saturated heterocycles. The van der Waals surface area contributed by atoms with Crippen LogP contribution < -0.4 is 5.73 Å². The lowest BCUT2D eigenvalue weighted by Gasteiger charge is -2.40. The number of nitrogens with one attached hydrogen (secondary N) is 1. The third-order valence-electron chi connectivity index (χ3n) is 5.12. The van der Waals surface area contributed by atoms with Crippen LogP contribution in [0.4, 0.5) is 5.82 Å². The van der Waals surface area contributed by atoms with Crippen LogP contribution in [0.5, 0.6) is 0 Å². The zero-order valence-electron chi connectivity index (χ0n) is 14.4. The van der Waals surface area contributed by atoms with Crippen molar-refractivity contribution in [2.45, 2.75) is 37.7 Å². The summed E-state index contributed by atoms with van der Waals surface area (Å²) in [7, 11) is 0. The van der Waals surface area contributed by atoms with E-state index in [1.54, 1.807) is 0 Å². The van der Waals surface area contributed by atoms with Gasteiger partial charge >= 0.3 is 5.82 Å². The van der Waals surface area contributed by atoms with Crippen molar-refractivity contribution < 1.29 is 9.66 Å². The molecule has 1 aromatic carbocycles. The normalized spacial score (nSPS) is 22.8. The van der Waals surface area contributed by atoms with Gasteiger partial charge in [0.05, 0.1) is 18.2 Å². The molecule has 1 aliphatic rings. The minimum atomic E-state index is -0.696. The molecule has 0 bridgehead atoms. The monoisotopic (exact) mass is 374 g/mol. The molecule has 1 aliphatic carbocycles. The van der Waals surface area contributed by atoms with Crippen LogP contribution in [-0.4, -0.2) is 26.5 Å². The van der Waals surface area contributed by atoms with Gasteiger partial charge in [-0.05, 0) is 23.3 Å². The summed E-state index contributed by atoms with van der Waals surface area (Å²) >= 11 is 5.40. The van der Waals surface area contributed by atoms with Gasteiger partial charge in [0.25, 0.3) is 0 Å². The van der Waals surface area contributed by atoms with E-state index >= 15 is 0 Å².